The lowest BCUT2D eigenvalue weighted by Crippen LogP contribution is -2.22. The second kappa shape index (κ2) is 4.28. The quantitative estimate of drug-likeness (QED) is 0.648. The lowest BCUT2D eigenvalue weighted by Gasteiger charge is -2.20. The Labute approximate surface area is 81.4 Å². The lowest BCUT2D eigenvalue weighted by atomic mass is 9.89. The largest absolute Gasteiger partial charge is 0.327 e. The summed E-state index contributed by atoms with van der Waals surface area (Å²) >= 11 is 0. The molecule has 1 nitrogen and oxygen atoms in total. The van der Waals surface area contributed by atoms with Gasteiger partial charge in [0.05, 0.1) is 0 Å². The van der Waals surface area contributed by atoms with Gasteiger partial charge >= 0.3 is 0 Å². The Balaban J connectivity index is 1.80. The SMILES string of the molecule is NC1CC=C(CC2CCCC2)CC1. The fraction of sp³-hybridized carbons (Fsp3) is 0.833. The highest BCUT2D eigenvalue weighted by molar-refractivity contribution is 5.08. The van der Waals surface area contributed by atoms with Crippen LogP contribution in [-0.4, -0.2) is 6.04 Å². The third kappa shape index (κ3) is 2.57. The predicted octanol–water partition coefficient (Wildman–Crippen LogP) is 3.00. The van der Waals surface area contributed by atoms with E-state index >= 15 is 0 Å². The van der Waals surface area contributed by atoms with Gasteiger partial charge in [0.25, 0.3) is 0 Å². The van der Waals surface area contributed by atoms with Crippen molar-refractivity contribution in [1.29, 1.82) is 0 Å². The van der Waals surface area contributed by atoms with Crippen molar-refractivity contribution in [1.82, 2.24) is 0 Å². The Morgan fingerprint density at radius 2 is 2.00 bits per heavy atom. The van der Waals surface area contributed by atoms with Crippen LogP contribution in [0.3, 0.4) is 0 Å². The molecule has 1 saturated carbocycles. The molecule has 0 aromatic heterocycles. The summed E-state index contributed by atoms with van der Waals surface area (Å²) in [7, 11) is 0. The Bertz CT molecular complexity index is 189. The monoisotopic (exact) mass is 179 g/mol. The molecule has 0 aromatic carbocycles. The van der Waals surface area contributed by atoms with E-state index in [-0.39, 0.29) is 0 Å². The van der Waals surface area contributed by atoms with Gasteiger partial charge in [-0.3, -0.25) is 0 Å². The molecule has 1 atom stereocenters. The summed E-state index contributed by atoms with van der Waals surface area (Å²) in [5.74, 6) is 1.01. The molecule has 13 heavy (non-hydrogen) atoms. The topological polar surface area (TPSA) is 26.0 Å². The maximum atomic E-state index is 5.86. The molecule has 2 N–H and O–H groups in total. The van der Waals surface area contributed by atoms with Crippen molar-refractivity contribution in [3.8, 4) is 0 Å². The third-order valence-corrected chi connectivity index (χ3v) is 3.57. The molecule has 74 valence electrons. The van der Waals surface area contributed by atoms with Crippen molar-refractivity contribution in [3.63, 3.8) is 0 Å². The van der Waals surface area contributed by atoms with E-state index in [1.807, 2.05) is 0 Å². The van der Waals surface area contributed by atoms with E-state index in [1.54, 1.807) is 5.57 Å². The van der Waals surface area contributed by atoms with Crippen LogP contribution in [0.2, 0.25) is 0 Å². The zero-order valence-electron chi connectivity index (χ0n) is 8.47. The van der Waals surface area contributed by atoms with E-state index in [9.17, 15) is 0 Å². The molecule has 2 aliphatic rings. The van der Waals surface area contributed by atoms with Gasteiger partial charge in [0.15, 0.2) is 0 Å². The molecular weight excluding hydrogens is 158 g/mol. The number of rotatable bonds is 2. The molecule has 2 aliphatic carbocycles. The Morgan fingerprint density at radius 3 is 2.62 bits per heavy atom. The fourth-order valence-electron chi connectivity index (χ4n) is 2.68. The summed E-state index contributed by atoms with van der Waals surface area (Å²) in [4.78, 5) is 0. The van der Waals surface area contributed by atoms with Gasteiger partial charge in [0.1, 0.15) is 0 Å². The summed E-state index contributed by atoms with van der Waals surface area (Å²) < 4.78 is 0. The molecule has 0 spiro atoms. The van der Waals surface area contributed by atoms with E-state index in [0.717, 1.165) is 12.3 Å². The van der Waals surface area contributed by atoms with Gasteiger partial charge in [0, 0.05) is 6.04 Å². The predicted molar refractivity (Wildman–Crippen MR) is 56.5 cm³/mol. The summed E-state index contributed by atoms with van der Waals surface area (Å²) in [6, 6.07) is 0.451. The molecule has 0 bridgehead atoms. The van der Waals surface area contributed by atoms with Gasteiger partial charge in [0.2, 0.25) is 0 Å². The molecule has 0 radical (unpaired) electrons. The van der Waals surface area contributed by atoms with Gasteiger partial charge in [-0.2, -0.15) is 0 Å². The molecule has 1 unspecified atom stereocenters. The summed E-state index contributed by atoms with van der Waals surface area (Å²) in [5.41, 5.74) is 7.56. The highest BCUT2D eigenvalue weighted by Gasteiger charge is 2.18. The summed E-state index contributed by atoms with van der Waals surface area (Å²) in [6.45, 7) is 0. The number of hydrogen-bond donors (Lipinski definition) is 1. The second-order valence-corrected chi connectivity index (χ2v) is 4.75. The molecule has 0 aliphatic heterocycles. The Kier molecular flexibility index (Phi) is 3.05. The van der Waals surface area contributed by atoms with Crippen LogP contribution in [0.5, 0.6) is 0 Å². The zero-order valence-corrected chi connectivity index (χ0v) is 8.47. The van der Waals surface area contributed by atoms with E-state index in [0.29, 0.717) is 6.04 Å². The average molecular weight is 179 g/mol. The number of hydrogen-bond acceptors (Lipinski definition) is 1. The minimum absolute atomic E-state index is 0.451. The van der Waals surface area contributed by atoms with Crippen LogP contribution in [0.4, 0.5) is 0 Å². The van der Waals surface area contributed by atoms with Crippen molar-refractivity contribution in [2.45, 2.75) is 57.4 Å². The molecule has 0 heterocycles. The Hall–Kier alpha value is -0.300. The van der Waals surface area contributed by atoms with Crippen LogP contribution in [0, 0.1) is 5.92 Å². The van der Waals surface area contributed by atoms with Crippen LogP contribution in [0.25, 0.3) is 0 Å². The number of nitrogens with two attached hydrogens (primary N) is 1. The molecule has 0 saturated heterocycles. The van der Waals surface area contributed by atoms with E-state index in [1.165, 1.54) is 44.9 Å². The first-order chi connectivity index (χ1) is 6.34. The number of allylic oxidation sites excluding steroid dienone is 1. The van der Waals surface area contributed by atoms with Crippen LogP contribution < -0.4 is 5.73 Å². The second-order valence-electron chi connectivity index (χ2n) is 4.75. The minimum Gasteiger partial charge on any atom is -0.327 e. The first-order valence-electron chi connectivity index (χ1n) is 5.78. The van der Waals surface area contributed by atoms with E-state index in [2.05, 4.69) is 6.08 Å². The highest BCUT2D eigenvalue weighted by Crippen LogP contribution is 2.32. The van der Waals surface area contributed by atoms with Crippen LogP contribution >= 0.6 is 0 Å². The average Bonchev–Trinajstić information content (AvgIpc) is 2.62. The third-order valence-electron chi connectivity index (χ3n) is 3.57. The van der Waals surface area contributed by atoms with Crippen molar-refractivity contribution < 1.29 is 0 Å². The van der Waals surface area contributed by atoms with Crippen LogP contribution in [0.15, 0.2) is 11.6 Å². The zero-order chi connectivity index (χ0) is 9.10. The normalized spacial score (nSPS) is 30.5. The highest BCUT2D eigenvalue weighted by atomic mass is 14.6. The molecule has 1 fully saturated rings. The summed E-state index contributed by atoms with van der Waals surface area (Å²) in [6.07, 6.45) is 13.3. The van der Waals surface area contributed by atoms with Gasteiger partial charge in [-0.25, -0.2) is 0 Å². The van der Waals surface area contributed by atoms with E-state index < -0.39 is 0 Å². The van der Waals surface area contributed by atoms with Crippen molar-refractivity contribution >= 4 is 0 Å². The molecular formula is C12H21N. The first kappa shape index (κ1) is 9.26. The van der Waals surface area contributed by atoms with Crippen molar-refractivity contribution in [2.24, 2.45) is 11.7 Å². The Morgan fingerprint density at radius 1 is 1.23 bits per heavy atom. The minimum atomic E-state index is 0.451. The van der Waals surface area contributed by atoms with Crippen molar-refractivity contribution in [2.75, 3.05) is 0 Å². The smallest absolute Gasteiger partial charge is 0.00765 e. The molecule has 0 amide bonds. The van der Waals surface area contributed by atoms with Crippen molar-refractivity contribution in [3.05, 3.63) is 11.6 Å². The van der Waals surface area contributed by atoms with Crippen LogP contribution in [0.1, 0.15) is 51.4 Å². The molecule has 0 aromatic rings. The maximum Gasteiger partial charge on any atom is 0.00765 e. The van der Waals surface area contributed by atoms with Gasteiger partial charge in [-0.05, 0) is 31.6 Å². The molecule has 1 heteroatoms. The first-order valence-corrected chi connectivity index (χ1v) is 5.78. The van der Waals surface area contributed by atoms with E-state index in [4.69, 9.17) is 5.73 Å². The summed E-state index contributed by atoms with van der Waals surface area (Å²) in [5, 5.41) is 0. The standard InChI is InChI=1S/C12H21N/c13-12-7-5-11(6-8-12)9-10-3-1-2-4-10/h5,10,12H,1-4,6-9,13H2. The van der Waals surface area contributed by atoms with Gasteiger partial charge < -0.3 is 5.73 Å². The van der Waals surface area contributed by atoms with Gasteiger partial charge in [-0.15, -0.1) is 0 Å². The fourth-order valence-corrected chi connectivity index (χ4v) is 2.68. The van der Waals surface area contributed by atoms with Gasteiger partial charge in [-0.1, -0.05) is 37.3 Å². The van der Waals surface area contributed by atoms with Crippen LogP contribution in [-0.2, 0) is 0 Å². The lowest BCUT2D eigenvalue weighted by molar-refractivity contribution is 0.503. The molecule has 2 rings (SSSR count). The maximum absolute atomic E-state index is 5.86.